The average molecular weight is 292 g/mol. The van der Waals surface area contributed by atoms with Crippen molar-refractivity contribution in [2.75, 3.05) is 33.4 Å². The highest BCUT2D eigenvalue weighted by Gasteiger charge is 2.31. The van der Waals surface area contributed by atoms with Crippen molar-refractivity contribution in [1.82, 2.24) is 10.2 Å². The van der Waals surface area contributed by atoms with Gasteiger partial charge in [-0.15, -0.1) is 0 Å². The molecule has 1 aromatic carbocycles. The number of ether oxygens (including phenoxy) is 2. The van der Waals surface area contributed by atoms with Gasteiger partial charge >= 0.3 is 0 Å². The minimum absolute atomic E-state index is 0.186. The van der Waals surface area contributed by atoms with Gasteiger partial charge in [-0.3, -0.25) is 4.90 Å². The molecule has 3 rings (SSSR count). The predicted octanol–water partition coefficient (Wildman–Crippen LogP) is 1.35. The molecule has 0 radical (unpaired) electrons. The quantitative estimate of drug-likeness (QED) is 0.858. The summed E-state index contributed by atoms with van der Waals surface area (Å²) in [5.41, 5.74) is 1.04. The van der Waals surface area contributed by atoms with Gasteiger partial charge in [0.25, 0.3) is 0 Å². The van der Waals surface area contributed by atoms with E-state index >= 15 is 0 Å². The fourth-order valence-corrected chi connectivity index (χ4v) is 3.23. The van der Waals surface area contributed by atoms with Gasteiger partial charge in [-0.1, -0.05) is 6.07 Å². The third kappa shape index (κ3) is 3.48. The van der Waals surface area contributed by atoms with Crippen molar-refractivity contribution in [2.45, 2.75) is 31.5 Å². The molecule has 2 aliphatic rings. The van der Waals surface area contributed by atoms with E-state index < -0.39 is 0 Å². The van der Waals surface area contributed by atoms with Gasteiger partial charge in [0.05, 0.1) is 19.8 Å². The second-order valence-corrected chi connectivity index (χ2v) is 5.88. The monoisotopic (exact) mass is 292 g/mol. The van der Waals surface area contributed by atoms with Crippen molar-refractivity contribution < 1.29 is 14.6 Å². The molecule has 116 valence electrons. The highest BCUT2D eigenvalue weighted by Crippen LogP contribution is 2.26. The first-order chi connectivity index (χ1) is 10.3. The van der Waals surface area contributed by atoms with Crippen LogP contribution in [0.25, 0.3) is 0 Å². The molecule has 0 bridgehead atoms. The molecule has 2 saturated heterocycles. The highest BCUT2D eigenvalue weighted by molar-refractivity contribution is 5.41. The first-order valence-corrected chi connectivity index (χ1v) is 7.68. The van der Waals surface area contributed by atoms with Crippen molar-refractivity contribution in [3.05, 3.63) is 23.8 Å². The van der Waals surface area contributed by atoms with Gasteiger partial charge in [-0.05, 0) is 37.1 Å². The fraction of sp³-hybridized carbons (Fsp3) is 0.625. The zero-order chi connectivity index (χ0) is 14.7. The van der Waals surface area contributed by atoms with Crippen LogP contribution >= 0.6 is 0 Å². The van der Waals surface area contributed by atoms with E-state index in [0.717, 1.165) is 31.8 Å². The maximum Gasteiger partial charge on any atom is 0.160 e. The summed E-state index contributed by atoms with van der Waals surface area (Å²) in [6.07, 6.45) is 2.86. The van der Waals surface area contributed by atoms with Gasteiger partial charge < -0.3 is 19.9 Å². The maximum atomic E-state index is 9.76. The van der Waals surface area contributed by atoms with Crippen LogP contribution in [0.2, 0.25) is 0 Å². The van der Waals surface area contributed by atoms with Crippen LogP contribution in [0.3, 0.4) is 0 Å². The van der Waals surface area contributed by atoms with E-state index in [2.05, 4.69) is 10.2 Å². The number of benzene rings is 1. The van der Waals surface area contributed by atoms with Crippen LogP contribution < -0.4 is 10.1 Å². The molecule has 0 amide bonds. The minimum atomic E-state index is 0.186. The number of rotatable bonds is 5. The molecular weight excluding hydrogens is 268 g/mol. The lowest BCUT2D eigenvalue weighted by molar-refractivity contribution is -0.0470. The summed E-state index contributed by atoms with van der Waals surface area (Å²) in [6, 6.07) is 6.14. The van der Waals surface area contributed by atoms with Gasteiger partial charge in [0.1, 0.15) is 0 Å². The molecule has 2 aliphatic heterocycles. The van der Waals surface area contributed by atoms with Gasteiger partial charge in [-0.2, -0.15) is 0 Å². The topological polar surface area (TPSA) is 54.0 Å². The number of aromatic hydroxyl groups is 1. The van der Waals surface area contributed by atoms with Gasteiger partial charge in [0.2, 0.25) is 0 Å². The Balaban J connectivity index is 1.44. The average Bonchev–Trinajstić information content (AvgIpc) is 2.95. The van der Waals surface area contributed by atoms with E-state index in [1.165, 1.54) is 19.4 Å². The summed E-state index contributed by atoms with van der Waals surface area (Å²) in [4.78, 5) is 2.55. The van der Waals surface area contributed by atoms with Crippen molar-refractivity contribution in [1.29, 1.82) is 0 Å². The molecule has 5 heteroatoms. The Labute approximate surface area is 125 Å². The lowest BCUT2D eigenvalue weighted by atomic mass is 10.1. The Morgan fingerprint density at radius 3 is 3.19 bits per heavy atom. The van der Waals surface area contributed by atoms with Crippen LogP contribution in [0.15, 0.2) is 18.2 Å². The largest absolute Gasteiger partial charge is 0.504 e. The summed E-state index contributed by atoms with van der Waals surface area (Å²) < 4.78 is 11.0. The Morgan fingerprint density at radius 1 is 1.48 bits per heavy atom. The number of nitrogens with zero attached hydrogens (tertiary/aromatic N) is 1. The summed E-state index contributed by atoms with van der Waals surface area (Å²) in [5, 5.41) is 13.2. The summed E-state index contributed by atoms with van der Waals surface area (Å²) in [5.74, 6) is 0.695. The summed E-state index contributed by atoms with van der Waals surface area (Å²) in [6.45, 7) is 4.69. The lowest BCUT2D eigenvalue weighted by Gasteiger charge is -2.35. The SMILES string of the molecule is COc1ccc(CNCC2CN3CCCC3CO2)cc1O. The van der Waals surface area contributed by atoms with Crippen LogP contribution in [0.5, 0.6) is 11.5 Å². The fourth-order valence-electron chi connectivity index (χ4n) is 3.23. The number of phenolic OH excluding ortho intramolecular Hbond substituents is 1. The molecule has 0 aliphatic carbocycles. The second kappa shape index (κ2) is 6.64. The first kappa shape index (κ1) is 14.6. The zero-order valence-corrected chi connectivity index (χ0v) is 12.5. The zero-order valence-electron chi connectivity index (χ0n) is 12.5. The van der Waals surface area contributed by atoms with Gasteiger partial charge in [-0.25, -0.2) is 0 Å². The third-order valence-corrected chi connectivity index (χ3v) is 4.41. The van der Waals surface area contributed by atoms with E-state index in [0.29, 0.717) is 11.8 Å². The van der Waals surface area contributed by atoms with Crippen LogP contribution in [-0.2, 0) is 11.3 Å². The standard InChI is InChI=1S/C16H24N2O3/c1-20-16-5-4-12(7-15(16)19)8-17-9-14-10-18-6-2-3-13(18)11-21-14/h4-5,7,13-14,17,19H,2-3,6,8-11H2,1H3. The second-order valence-electron chi connectivity index (χ2n) is 5.88. The van der Waals surface area contributed by atoms with Crippen LogP contribution in [0, 0.1) is 0 Å². The Kier molecular flexibility index (Phi) is 4.63. The van der Waals surface area contributed by atoms with Gasteiger partial charge in [0, 0.05) is 25.7 Å². The highest BCUT2D eigenvalue weighted by atomic mass is 16.5. The molecular formula is C16H24N2O3. The molecule has 2 unspecified atom stereocenters. The molecule has 0 aromatic heterocycles. The molecule has 5 nitrogen and oxygen atoms in total. The third-order valence-electron chi connectivity index (χ3n) is 4.41. The normalized spacial score (nSPS) is 25.8. The number of phenols is 1. The van der Waals surface area contributed by atoms with Crippen LogP contribution in [0.1, 0.15) is 18.4 Å². The predicted molar refractivity (Wildman–Crippen MR) is 80.7 cm³/mol. The number of morpholine rings is 1. The summed E-state index contributed by atoms with van der Waals surface area (Å²) in [7, 11) is 1.55. The van der Waals surface area contributed by atoms with Crippen molar-refractivity contribution in [2.24, 2.45) is 0 Å². The molecule has 21 heavy (non-hydrogen) atoms. The molecule has 0 saturated carbocycles. The van der Waals surface area contributed by atoms with E-state index in [1.807, 2.05) is 6.07 Å². The van der Waals surface area contributed by atoms with Crippen molar-refractivity contribution in [3.63, 3.8) is 0 Å². The van der Waals surface area contributed by atoms with E-state index in [1.54, 1.807) is 19.2 Å². The molecule has 2 atom stereocenters. The van der Waals surface area contributed by atoms with Gasteiger partial charge in [0.15, 0.2) is 11.5 Å². The Bertz CT molecular complexity index is 481. The number of hydrogen-bond acceptors (Lipinski definition) is 5. The van der Waals surface area contributed by atoms with Crippen molar-refractivity contribution >= 4 is 0 Å². The minimum Gasteiger partial charge on any atom is -0.504 e. The van der Waals surface area contributed by atoms with Crippen LogP contribution in [0.4, 0.5) is 0 Å². The van der Waals surface area contributed by atoms with E-state index in [4.69, 9.17) is 9.47 Å². The number of methoxy groups -OCH3 is 1. The smallest absolute Gasteiger partial charge is 0.160 e. The molecule has 2 fully saturated rings. The van der Waals surface area contributed by atoms with E-state index in [-0.39, 0.29) is 11.9 Å². The Hall–Kier alpha value is -1.30. The first-order valence-electron chi connectivity index (χ1n) is 7.68. The van der Waals surface area contributed by atoms with E-state index in [9.17, 15) is 5.11 Å². The summed E-state index contributed by atoms with van der Waals surface area (Å²) >= 11 is 0. The number of nitrogens with one attached hydrogen (secondary N) is 1. The molecule has 2 heterocycles. The maximum absolute atomic E-state index is 9.76. The molecule has 2 N–H and O–H groups in total. The van der Waals surface area contributed by atoms with Crippen LogP contribution in [-0.4, -0.2) is 55.5 Å². The lowest BCUT2D eigenvalue weighted by Crippen LogP contribution is -2.49. The Morgan fingerprint density at radius 2 is 2.38 bits per heavy atom. The number of fused-ring (bicyclic) bond motifs is 1. The molecule has 1 aromatic rings. The molecule has 0 spiro atoms. The van der Waals surface area contributed by atoms with Crippen molar-refractivity contribution in [3.8, 4) is 11.5 Å². The number of hydrogen-bond donors (Lipinski definition) is 2.